The number of carbonyl (C=O) groups is 1. The number of nitrogens with one attached hydrogen (secondary N) is 2. The second-order valence-corrected chi connectivity index (χ2v) is 5.98. The summed E-state index contributed by atoms with van der Waals surface area (Å²) in [6, 6.07) is 8.27. The van der Waals surface area contributed by atoms with Gasteiger partial charge in [0.1, 0.15) is 5.75 Å². The third-order valence-corrected chi connectivity index (χ3v) is 4.45. The zero-order valence-electron chi connectivity index (χ0n) is 14.2. The fourth-order valence-electron chi connectivity index (χ4n) is 3.00. The van der Waals surface area contributed by atoms with Gasteiger partial charge in [-0.1, -0.05) is 12.1 Å². The number of amides is 1. The van der Waals surface area contributed by atoms with Crippen molar-refractivity contribution in [2.24, 2.45) is 0 Å². The minimum absolute atomic E-state index is 0.0434. The van der Waals surface area contributed by atoms with Crippen LogP contribution in [0.15, 0.2) is 24.3 Å². The van der Waals surface area contributed by atoms with Crippen molar-refractivity contribution in [2.45, 2.75) is 31.6 Å². The molecule has 0 saturated carbocycles. The van der Waals surface area contributed by atoms with Gasteiger partial charge in [-0.2, -0.15) is 0 Å². The summed E-state index contributed by atoms with van der Waals surface area (Å²) in [5, 5.41) is 6.10. The summed E-state index contributed by atoms with van der Waals surface area (Å²) in [6.07, 6.45) is 2.35. The molecule has 0 aliphatic carbocycles. The van der Waals surface area contributed by atoms with Crippen LogP contribution in [0.1, 0.15) is 31.7 Å². The van der Waals surface area contributed by atoms with Crippen molar-refractivity contribution in [2.75, 3.05) is 40.0 Å². The highest BCUT2D eigenvalue weighted by molar-refractivity contribution is 5.76. The summed E-state index contributed by atoms with van der Waals surface area (Å²) in [7, 11) is 1.85. The number of hydrogen-bond donors (Lipinski definition) is 2. The van der Waals surface area contributed by atoms with Crippen molar-refractivity contribution < 1.29 is 14.3 Å². The molecule has 0 radical (unpaired) electrons. The third kappa shape index (κ3) is 4.94. The molecule has 1 aliphatic rings. The van der Waals surface area contributed by atoms with Gasteiger partial charge in [-0.3, -0.25) is 4.79 Å². The van der Waals surface area contributed by atoms with E-state index < -0.39 is 0 Å². The average molecular weight is 320 g/mol. The fourth-order valence-corrected chi connectivity index (χ4v) is 3.00. The first-order valence-electron chi connectivity index (χ1n) is 8.42. The maximum absolute atomic E-state index is 12.0. The van der Waals surface area contributed by atoms with Crippen molar-refractivity contribution in [3.05, 3.63) is 29.8 Å². The van der Waals surface area contributed by atoms with E-state index in [1.165, 1.54) is 5.56 Å². The summed E-state index contributed by atoms with van der Waals surface area (Å²) >= 11 is 0. The Morgan fingerprint density at radius 3 is 2.57 bits per heavy atom. The SMILES string of the molecule is CCOc1ccc(C2(CNC(=O)CCNC)CCOCC2)cc1. The lowest BCUT2D eigenvalue weighted by atomic mass is 9.74. The topological polar surface area (TPSA) is 59.6 Å². The predicted octanol–water partition coefficient (Wildman–Crippen LogP) is 1.86. The van der Waals surface area contributed by atoms with Gasteiger partial charge in [0.2, 0.25) is 5.91 Å². The van der Waals surface area contributed by atoms with Crippen molar-refractivity contribution in [3.63, 3.8) is 0 Å². The number of ether oxygens (including phenoxy) is 2. The lowest BCUT2D eigenvalue weighted by Gasteiger charge is -2.38. The van der Waals surface area contributed by atoms with Crippen LogP contribution in [0.4, 0.5) is 0 Å². The van der Waals surface area contributed by atoms with E-state index in [0.29, 0.717) is 26.1 Å². The molecule has 0 bridgehead atoms. The largest absolute Gasteiger partial charge is 0.494 e. The Labute approximate surface area is 138 Å². The first kappa shape index (κ1) is 17.8. The minimum Gasteiger partial charge on any atom is -0.494 e. The molecule has 2 rings (SSSR count). The summed E-state index contributed by atoms with van der Waals surface area (Å²) in [4.78, 5) is 12.0. The summed E-state index contributed by atoms with van der Waals surface area (Å²) in [5.74, 6) is 0.979. The Balaban J connectivity index is 2.07. The van der Waals surface area contributed by atoms with Crippen LogP contribution in [0.2, 0.25) is 0 Å². The number of rotatable bonds is 8. The van der Waals surface area contributed by atoms with E-state index in [1.54, 1.807) is 0 Å². The van der Waals surface area contributed by atoms with Gasteiger partial charge in [0, 0.05) is 38.1 Å². The molecule has 1 aromatic rings. The van der Waals surface area contributed by atoms with Crippen LogP contribution in [-0.4, -0.2) is 45.9 Å². The van der Waals surface area contributed by atoms with E-state index in [4.69, 9.17) is 9.47 Å². The molecule has 5 nitrogen and oxygen atoms in total. The van der Waals surface area contributed by atoms with Crippen LogP contribution in [0.25, 0.3) is 0 Å². The van der Waals surface area contributed by atoms with Crippen molar-refractivity contribution in [1.82, 2.24) is 10.6 Å². The van der Waals surface area contributed by atoms with Crippen molar-refractivity contribution >= 4 is 5.91 Å². The van der Waals surface area contributed by atoms with Gasteiger partial charge in [0.15, 0.2) is 0 Å². The monoisotopic (exact) mass is 320 g/mol. The molecule has 128 valence electrons. The molecular weight excluding hydrogens is 292 g/mol. The molecule has 0 atom stereocenters. The van der Waals surface area contributed by atoms with Crippen molar-refractivity contribution in [3.8, 4) is 5.75 Å². The van der Waals surface area contributed by atoms with E-state index in [0.717, 1.165) is 31.8 Å². The second-order valence-electron chi connectivity index (χ2n) is 5.98. The first-order valence-corrected chi connectivity index (χ1v) is 8.42. The molecule has 5 heteroatoms. The maximum Gasteiger partial charge on any atom is 0.221 e. The third-order valence-electron chi connectivity index (χ3n) is 4.45. The van der Waals surface area contributed by atoms with Crippen LogP contribution in [0.5, 0.6) is 5.75 Å². The van der Waals surface area contributed by atoms with Gasteiger partial charge in [-0.15, -0.1) is 0 Å². The number of carbonyl (C=O) groups excluding carboxylic acids is 1. The van der Waals surface area contributed by atoms with E-state index in [-0.39, 0.29) is 11.3 Å². The normalized spacial score (nSPS) is 16.8. The zero-order valence-corrected chi connectivity index (χ0v) is 14.2. The van der Waals surface area contributed by atoms with E-state index in [2.05, 4.69) is 22.8 Å². The molecule has 23 heavy (non-hydrogen) atoms. The average Bonchev–Trinajstić information content (AvgIpc) is 2.60. The van der Waals surface area contributed by atoms with Crippen LogP contribution in [0.3, 0.4) is 0 Å². The van der Waals surface area contributed by atoms with Crippen molar-refractivity contribution in [1.29, 1.82) is 0 Å². The predicted molar refractivity (Wildman–Crippen MR) is 90.9 cm³/mol. The molecule has 0 aromatic heterocycles. The van der Waals surface area contributed by atoms with Crippen LogP contribution < -0.4 is 15.4 Å². The van der Waals surface area contributed by atoms with E-state index in [9.17, 15) is 4.79 Å². The van der Waals surface area contributed by atoms with Crippen LogP contribution in [-0.2, 0) is 14.9 Å². The molecular formula is C18H28N2O3. The van der Waals surface area contributed by atoms with Crippen LogP contribution in [0, 0.1) is 0 Å². The van der Waals surface area contributed by atoms with Crippen LogP contribution >= 0.6 is 0 Å². The lowest BCUT2D eigenvalue weighted by Crippen LogP contribution is -2.44. The molecule has 0 unspecified atom stereocenters. The fraction of sp³-hybridized carbons (Fsp3) is 0.611. The molecule has 1 amide bonds. The molecule has 1 aromatic carbocycles. The van der Waals surface area contributed by atoms with E-state index in [1.807, 2.05) is 26.1 Å². The number of hydrogen-bond acceptors (Lipinski definition) is 4. The van der Waals surface area contributed by atoms with E-state index >= 15 is 0 Å². The second kappa shape index (κ2) is 8.89. The summed E-state index contributed by atoms with van der Waals surface area (Å²) in [5.41, 5.74) is 1.20. The highest BCUT2D eigenvalue weighted by Crippen LogP contribution is 2.35. The zero-order chi connectivity index (χ0) is 16.5. The highest BCUT2D eigenvalue weighted by Gasteiger charge is 2.34. The maximum atomic E-state index is 12.0. The first-order chi connectivity index (χ1) is 11.2. The molecule has 1 saturated heterocycles. The molecule has 1 fully saturated rings. The smallest absolute Gasteiger partial charge is 0.221 e. The summed E-state index contributed by atoms with van der Waals surface area (Å²) < 4.78 is 11.1. The van der Waals surface area contributed by atoms with Gasteiger partial charge in [0.25, 0.3) is 0 Å². The summed E-state index contributed by atoms with van der Waals surface area (Å²) in [6.45, 7) is 5.48. The molecule has 1 heterocycles. The Hall–Kier alpha value is -1.59. The van der Waals surface area contributed by atoms with Gasteiger partial charge >= 0.3 is 0 Å². The lowest BCUT2D eigenvalue weighted by molar-refractivity contribution is -0.121. The Kier molecular flexibility index (Phi) is 6.86. The standard InChI is InChI=1S/C18H28N2O3/c1-3-23-16-6-4-15(5-7-16)18(9-12-22-13-10-18)14-20-17(21)8-11-19-2/h4-7,19H,3,8-14H2,1-2H3,(H,20,21). The Morgan fingerprint density at radius 1 is 1.26 bits per heavy atom. The van der Waals surface area contributed by atoms with Gasteiger partial charge in [-0.25, -0.2) is 0 Å². The molecule has 1 aliphatic heterocycles. The highest BCUT2D eigenvalue weighted by atomic mass is 16.5. The van der Waals surface area contributed by atoms with Gasteiger partial charge in [-0.05, 0) is 44.5 Å². The minimum atomic E-state index is -0.0434. The quantitative estimate of drug-likeness (QED) is 0.767. The Bertz CT molecular complexity index is 482. The molecule has 0 spiro atoms. The van der Waals surface area contributed by atoms with Gasteiger partial charge in [0.05, 0.1) is 6.61 Å². The Morgan fingerprint density at radius 2 is 1.96 bits per heavy atom. The number of benzene rings is 1. The van der Waals surface area contributed by atoms with Gasteiger partial charge < -0.3 is 20.1 Å². The molecule has 2 N–H and O–H groups in total.